The molecule has 0 aliphatic heterocycles. The monoisotopic (exact) mass is 232 g/mol. The average Bonchev–Trinajstić information content (AvgIpc) is 2.28. The second-order valence-electron chi connectivity index (χ2n) is 6.35. The van der Waals surface area contributed by atoms with E-state index >= 15 is 0 Å². The smallest absolute Gasteiger partial charge is 0.0631 e. The van der Waals surface area contributed by atoms with E-state index in [0.29, 0.717) is 11.8 Å². The summed E-state index contributed by atoms with van der Waals surface area (Å²) in [5.41, 5.74) is 3.05. The van der Waals surface area contributed by atoms with Gasteiger partial charge in [0.2, 0.25) is 0 Å². The van der Waals surface area contributed by atoms with Crippen molar-refractivity contribution >= 4 is 0 Å². The maximum atomic E-state index is 10.4. The molecule has 0 heterocycles. The van der Waals surface area contributed by atoms with Gasteiger partial charge in [-0.25, -0.2) is 0 Å². The Balaban J connectivity index is 2.42. The van der Waals surface area contributed by atoms with Crippen LogP contribution >= 0.6 is 0 Å². The van der Waals surface area contributed by atoms with E-state index in [1.54, 1.807) is 0 Å². The molecular weight excluding hydrogens is 208 g/mol. The van der Waals surface area contributed by atoms with Gasteiger partial charge in [-0.3, -0.25) is 0 Å². The number of benzene rings is 1. The first-order valence-electron chi connectivity index (χ1n) is 6.71. The number of hydrogen-bond acceptors (Lipinski definition) is 1. The summed E-state index contributed by atoms with van der Waals surface area (Å²) in [6.07, 6.45) is 2.05. The second kappa shape index (κ2) is 4.45. The third-order valence-electron chi connectivity index (χ3n) is 4.27. The molecule has 0 fully saturated rings. The number of hydrogen-bond donors (Lipinski definition) is 1. The van der Waals surface area contributed by atoms with Gasteiger partial charge in [-0.05, 0) is 35.3 Å². The fourth-order valence-corrected chi connectivity index (χ4v) is 3.06. The molecule has 1 aromatic carbocycles. The molecule has 2 unspecified atom stereocenters. The van der Waals surface area contributed by atoms with Crippen LogP contribution in [0.15, 0.2) is 24.3 Å². The molecule has 0 radical (unpaired) electrons. The number of aliphatic hydroxyl groups excluding tert-OH is 1. The van der Waals surface area contributed by atoms with E-state index in [4.69, 9.17) is 0 Å². The first-order valence-corrected chi connectivity index (χ1v) is 6.71. The van der Waals surface area contributed by atoms with Gasteiger partial charge in [-0.15, -0.1) is 0 Å². The zero-order chi connectivity index (χ0) is 12.6. The first kappa shape index (κ1) is 12.6. The van der Waals surface area contributed by atoms with Gasteiger partial charge in [0.1, 0.15) is 0 Å². The van der Waals surface area contributed by atoms with Gasteiger partial charge >= 0.3 is 0 Å². The molecule has 0 aromatic heterocycles. The first-order chi connectivity index (χ1) is 7.93. The Bertz CT molecular complexity index is 392. The molecule has 1 aliphatic carbocycles. The summed E-state index contributed by atoms with van der Waals surface area (Å²) in [5, 5.41) is 10.4. The molecule has 0 bridgehead atoms. The fraction of sp³-hybridized carbons (Fsp3) is 0.625. The molecule has 0 spiro atoms. The van der Waals surface area contributed by atoms with Crippen molar-refractivity contribution in [3.8, 4) is 0 Å². The largest absolute Gasteiger partial charge is 0.392 e. The van der Waals surface area contributed by atoms with Crippen molar-refractivity contribution in [2.45, 2.75) is 58.0 Å². The Morgan fingerprint density at radius 1 is 1.24 bits per heavy atom. The van der Waals surface area contributed by atoms with Crippen LogP contribution in [0, 0.1) is 5.92 Å². The quantitative estimate of drug-likeness (QED) is 0.821. The van der Waals surface area contributed by atoms with Gasteiger partial charge in [-0.2, -0.15) is 0 Å². The minimum Gasteiger partial charge on any atom is -0.392 e. The predicted octanol–water partition coefficient (Wildman–Crippen LogP) is 3.86. The van der Waals surface area contributed by atoms with Crippen molar-refractivity contribution in [3.63, 3.8) is 0 Å². The average molecular weight is 232 g/mol. The molecule has 0 amide bonds. The maximum Gasteiger partial charge on any atom is 0.0631 e. The lowest BCUT2D eigenvalue weighted by atomic mass is 9.66. The van der Waals surface area contributed by atoms with Crippen LogP contribution in [0.4, 0.5) is 0 Å². The summed E-state index contributed by atoms with van der Waals surface area (Å²) in [7, 11) is 0. The Morgan fingerprint density at radius 2 is 1.88 bits per heavy atom. The van der Waals surface area contributed by atoms with E-state index in [9.17, 15) is 5.11 Å². The number of rotatable bonds is 2. The number of aliphatic hydroxyl groups is 1. The van der Waals surface area contributed by atoms with E-state index in [0.717, 1.165) is 6.42 Å². The molecule has 0 saturated heterocycles. The van der Waals surface area contributed by atoms with E-state index < -0.39 is 0 Å². The summed E-state index contributed by atoms with van der Waals surface area (Å²) in [5.74, 6) is 0.647. The van der Waals surface area contributed by atoms with Crippen LogP contribution in [0.5, 0.6) is 0 Å². The molecule has 2 rings (SSSR count). The van der Waals surface area contributed by atoms with E-state index in [1.807, 2.05) is 0 Å². The zero-order valence-electron chi connectivity index (χ0n) is 11.4. The lowest BCUT2D eigenvalue weighted by Gasteiger charge is -2.39. The lowest BCUT2D eigenvalue weighted by Crippen LogP contribution is -2.33. The Hall–Kier alpha value is -0.820. The zero-order valence-corrected chi connectivity index (χ0v) is 11.4. The van der Waals surface area contributed by atoms with Gasteiger partial charge in [-0.1, -0.05) is 52.0 Å². The fourth-order valence-electron chi connectivity index (χ4n) is 3.06. The summed E-state index contributed by atoms with van der Waals surface area (Å²) < 4.78 is 0. The highest BCUT2D eigenvalue weighted by Gasteiger charge is 2.35. The van der Waals surface area contributed by atoms with Crippen molar-refractivity contribution in [1.29, 1.82) is 0 Å². The second-order valence-corrected chi connectivity index (χ2v) is 6.35. The topological polar surface area (TPSA) is 20.2 Å². The molecule has 1 nitrogen and oxygen atoms in total. The standard InChI is InChI=1S/C16H24O/c1-11(2)15(17)13-9-10-16(3,4)14-8-6-5-7-12(13)14/h5-8,11,13,15,17H,9-10H2,1-4H3. The molecule has 0 saturated carbocycles. The third-order valence-corrected chi connectivity index (χ3v) is 4.27. The normalized spacial score (nSPS) is 24.5. The summed E-state index contributed by atoms with van der Waals surface area (Å²) in [6, 6.07) is 8.64. The van der Waals surface area contributed by atoms with Crippen molar-refractivity contribution in [2.24, 2.45) is 5.92 Å². The molecular formula is C16H24O. The summed E-state index contributed by atoms with van der Waals surface area (Å²) >= 11 is 0. The molecule has 17 heavy (non-hydrogen) atoms. The van der Waals surface area contributed by atoms with Crippen LogP contribution in [0.25, 0.3) is 0 Å². The van der Waals surface area contributed by atoms with Gasteiger partial charge in [0, 0.05) is 5.92 Å². The highest BCUT2D eigenvalue weighted by Crippen LogP contribution is 2.44. The van der Waals surface area contributed by atoms with Crippen molar-refractivity contribution in [2.75, 3.05) is 0 Å². The molecule has 1 N–H and O–H groups in total. The highest BCUT2D eigenvalue weighted by atomic mass is 16.3. The van der Waals surface area contributed by atoms with Crippen LogP contribution in [-0.4, -0.2) is 11.2 Å². The summed E-state index contributed by atoms with van der Waals surface area (Å²) in [6.45, 7) is 8.83. The molecule has 1 aliphatic rings. The number of fused-ring (bicyclic) bond motifs is 1. The Morgan fingerprint density at radius 3 is 2.53 bits per heavy atom. The molecule has 2 atom stereocenters. The van der Waals surface area contributed by atoms with Gasteiger partial charge < -0.3 is 5.11 Å². The summed E-state index contributed by atoms with van der Waals surface area (Å²) in [4.78, 5) is 0. The Kier molecular flexibility index (Phi) is 3.31. The molecule has 1 heteroatoms. The third kappa shape index (κ3) is 2.26. The highest BCUT2D eigenvalue weighted by molar-refractivity contribution is 5.39. The van der Waals surface area contributed by atoms with Gasteiger partial charge in [0.25, 0.3) is 0 Å². The Labute approximate surface area is 105 Å². The van der Waals surface area contributed by atoms with Crippen LogP contribution in [0.2, 0.25) is 0 Å². The molecule has 1 aromatic rings. The van der Waals surface area contributed by atoms with Crippen LogP contribution in [-0.2, 0) is 5.41 Å². The van der Waals surface area contributed by atoms with Crippen LogP contribution in [0.3, 0.4) is 0 Å². The predicted molar refractivity (Wildman–Crippen MR) is 72.3 cm³/mol. The van der Waals surface area contributed by atoms with E-state index in [-0.39, 0.29) is 11.5 Å². The van der Waals surface area contributed by atoms with E-state index in [2.05, 4.69) is 52.0 Å². The minimum atomic E-state index is -0.216. The lowest BCUT2D eigenvalue weighted by molar-refractivity contribution is 0.0846. The van der Waals surface area contributed by atoms with Crippen molar-refractivity contribution < 1.29 is 5.11 Å². The van der Waals surface area contributed by atoms with Crippen molar-refractivity contribution in [1.82, 2.24) is 0 Å². The minimum absolute atomic E-state index is 0.216. The van der Waals surface area contributed by atoms with E-state index in [1.165, 1.54) is 17.5 Å². The molecule has 94 valence electrons. The van der Waals surface area contributed by atoms with Crippen LogP contribution < -0.4 is 0 Å². The van der Waals surface area contributed by atoms with Gasteiger partial charge in [0.05, 0.1) is 6.10 Å². The SMILES string of the molecule is CC(C)C(O)C1CCC(C)(C)c2ccccc21. The van der Waals surface area contributed by atoms with Crippen molar-refractivity contribution in [3.05, 3.63) is 35.4 Å². The maximum absolute atomic E-state index is 10.4. The van der Waals surface area contributed by atoms with Gasteiger partial charge in [0.15, 0.2) is 0 Å². The van der Waals surface area contributed by atoms with Crippen LogP contribution in [0.1, 0.15) is 57.6 Å².